The number of carbonyl (C=O) groups excluding carboxylic acids is 1. The van der Waals surface area contributed by atoms with Crippen LogP contribution in [0.1, 0.15) is 16.1 Å². The molecule has 0 radical (unpaired) electrons. The van der Waals surface area contributed by atoms with E-state index in [1.807, 2.05) is 30.3 Å². The van der Waals surface area contributed by atoms with Crippen molar-refractivity contribution in [3.8, 4) is 5.69 Å². The zero-order valence-corrected chi connectivity index (χ0v) is 14.1. The van der Waals surface area contributed by atoms with Gasteiger partial charge in [0, 0.05) is 10.6 Å². The number of nitrogens with zero attached hydrogens (tertiary/aromatic N) is 2. The van der Waals surface area contributed by atoms with Crippen LogP contribution in [0, 0.1) is 6.92 Å². The molecule has 0 atom stereocenters. The Hall–Kier alpha value is -2.67. The van der Waals surface area contributed by atoms with Crippen LogP contribution < -0.4 is 5.32 Å². The van der Waals surface area contributed by atoms with Crippen LogP contribution in [0.3, 0.4) is 0 Å². The number of benzene rings is 2. The minimum Gasteiger partial charge on any atom is -0.322 e. The molecule has 0 spiro atoms. The molecular weight excluding hydrogens is 344 g/mol. The third-order valence-corrected chi connectivity index (χ3v) is 4.28. The first-order valence-corrected chi connectivity index (χ1v) is 8.39. The lowest BCUT2D eigenvalue weighted by atomic mass is 10.2. The predicted molar refractivity (Wildman–Crippen MR) is 94.6 cm³/mol. The molecule has 1 N–H and O–H groups in total. The summed E-state index contributed by atoms with van der Waals surface area (Å²) in [6.45, 7) is 1.80. The lowest BCUT2D eigenvalue weighted by Crippen LogP contribution is -2.13. The molecule has 25 heavy (non-hydrogen) atoms. The van der Waals surface area contributed by atoms with Gasteiger partial charge in [0.2, 0.25) is 0 Å². The van der Waals surface area contributed by atoms with Crippen LogP contribution in [-0.4, -0.2) is 21.4 Å². The summed E-state index contributed by atoms with van der Waals surface area (Å²) in [5.74, 6) is -2.84. The van der Waals surface area contributed by atoms with Crippen molar-refractivity contribution < 1.29 is 13.6 Å². The number of carbonyl (C=O) groups is 1. The number of hydrogen-bond acceptors (Lipinski definition) is 3. The highest BCUT2D eigenvalue weighted by Crippen LogP contribution is 2.27. The maximum Gasteiger partial charge on any atom is 0.288 e. The average molecular weight is 359 g/mol. The highest BCUT2D eigenvalue weighted by Gasteiger charge is 2.15. The van der Waals surface area contributed by atoms with Crippen molar-refractivity contribution in [3.05, 3.63) is 72.1 Å². The molecule has 7 heteroatoms. The largest absolute Gasteiger partial charge is 0.322 e. The smallest absolute Gasteiger partial charge is 0.288 e. The predicted octanol–water partition coefficient (Wildman–Crippen LogP) is 4.75. The van der Waals surface area contributed by atoms with Crippen LogP contribution in [0.15, 0.2) is 65.7 Å². The Morgan fingerprint density at radius 2 is 1.92 bits per heavy atom. The minimum absolute atomic E-state index is 0.334. The molecule has 0 aliphatic carbocycles. The van der Waals surface area contributed by atoms with Crippen molar-refractivity contribution >= 4 is 23.4 Å². The highest BCUT2D eigenvalue weighted by molar-refractivity contribution is 7.99. The Balaban J connectivity index is 1.80. The molecule has 4 nitrogen and oxygen atoms in total. The normalized spacial score (nSPS) is 10.9. The van der Waals surface area contributed by atoms with E-state index in [9.17, 15) is 13.6 Å². The second-order valence-corrected chi connectivity index (χ2v) is 6.31. The van der Waals surface area contributed by atoms with E-state index >= 15 is 0 Å². The van der Waals surface area contributed by atoms with Crippen LogP contribution in [0.4, 0.5) is 14.5 Å². The van der Waals surface area contributed by atoms with E-state index in [0.29, 0.717) is 33.6 Å². The third-order valence-electron chi connectivity index (χ3n) is 3.57. The molecule has 1 heterocycles. The van der Waals surface area contributed by atoms with Crippen LogP contribution in [0.2, 0.25) is 0 Å². The van der Waals surface area contributed by atoms with Gasteiger partial charge in [-0.2, -0.15) is 13.9 Å². The van der Waals surface area contributed by atoms with E-state index in [0.717, 1.165) is 5.69 Å². The summed E-state index contributed by atoms with van der Waals surface area (Å²) in [6, 6.07) is 15.9. The number of anilines is 1. The monoisotopic (exact) mass is 359 g/mol. The van der Waals surface area contributed by atoms with Gasteiger partial charge in [-0.05, 0) is 37.3 Å². The van der Waals surface area contributed by atoms with Crippen molar-refractivity contribution in [3.63, 3.8) is 0 Å². The molecular formula is C18H15F2N3OS. The summed E-state index contributed by atoms with van der Waals surface area (Å²) in [5.41, 5.74) is 2.44. The van der Waals surface area contributed by atoms with Gasteiger partial charge in [0.1, 0.15) is 0 Å². The maximum atomic E-state index is 12.5. The van der Waals surface area contributed by atoms with Gasteiger partial charge in [-0.3, -0.25) is 4.79 Å². The SMILES string of the molecule is Cc1c(C(=O)Nc2cccc(SC(F)F)c2)cnn1-c1ccccc1. The van der Waals surface area contributed by atoms with Crippen LogP contribution in [-0.2, 0) is 0 Å². The Kier molecular flexibility index (Phi) is 5.14. The molecule has 0 unspecified atom stereocenters. The Morgan fingerprint density at radius 3 is 2.64 bits per heavy atom. The fourth-order valence-electron chi connectivity index (χ4n) is 2.41. The second kappa shape index (κ2) is 7.48. The molecule has 0 aliphatic rings. The fourth-order valence-corrected chi connectivity index (χ4v) is 2.97. The number of thioether (sulfide) groups is 1. The number of hydrogen-bond donors (Lipinski definition) is 1. The Bertz CT molecular complexity index is 881. The number of alkyl halides is 2. The van der Waals surface area contributed by atoms with Crippen molar-refractivity contribution in [2.24, 2.45) is 0 Å². The van der Waals surface area contributed by atoms with Gasteiger partial charge in [0.25, 0.3) is 11.7 Å². The average Bonchev–Trinajstić information content (AvgIpc) is 2.97. The first-order valence-electron chi connectivity index (χ1n) is 7.51. The van der Waals surface area contributed by atoms with E-state index in [2.05, 4.69) is 10.4 Å². The van der Waals surface area contributed by atoms with Crippen molar-refractivity contribution in [1.29, 1.82) is 0 Å². The number of rotatable bonds is 5. The molecule has 0 bridgehead atoms. The zero-order valence-electron chi connectivity index (χ0n) is 13.3. The standard InChI is InChI=1S/C18H15F2N3OS/c1-12-16(11-21-23(12)14-7-3-2-4-8-14)17(24)22-13-6-5-9-15(10-13)25-18(19)20/h2-11,18H,1H3,(H,22,24). The zero-order chi connectivity index (χ0) is 17.8. The third kappa shape index (κ3) is 4.06. The Labute approximate surface area is 147 Å². The summed E-state index contributed by atoms with van der Waals surface area (Å²) in [7, 11) is 0. The van der Waals surface area contributed by atoms with Gasteiger partial charge in [-0.1, -0.05) is 36.0 Å². The number of aromatic nitrogens is 2. The van der Waals surface area contributed by atoms with Crippen LogP contribution in [0.5, 0.6) is 0 Å². The first kappa shape index (κ1) is 17.2. The van der Waals surface area contributed by atoms with Gasteiger partial charge >= 0.3 is 0 Å². The van der Waals surface area contributed by atoms with Crippen LogP contribution in [0.25, 0.3) is 5.69 Å². The maximum absolute atomic E-state index is 12.5. The second-order valence-electron chi connectivity index (χ2n) is 5.25. The molecule has 3 aromatic rings. The number of para-hydroxylation sites is 1. The molecule has 2 aromatic carbocycles. The molecule has 3 rings (SSSR count). The molecule has 0 aliphatic heterocycles. The van der Waals surface area contributed by atoms with E-state index in [1.54, 1.807) is 29.8 Å². The van der Waals surface area contributed by atoms with Crippen LogP contribution >= 0.6 is 11.8 Å². The van der Waals surface area contributed by atoms with Gasteiger partial charge in [-0.15, -0.1) is 0 Å². The van der Waals surface area contributed by atoms with Crippen molar-refractivity contribution in [2.45, 2.75) is 17.6 Å². The summed E-state index contributed by atoms with van der Waals surface area (Å²) in [5, 5.41) is 6.99. The summed E-state index contributed by atoms with van der Waals surface area (Å²) < 4.78 is 26.6. The lowest BCUT2D eigenvalue weighted by Gasteiger charge is -2.08. The van der Waals surface area contributed by atoms with Crippen molar-refractivity contribution in [1.82, 2.24) is 9.78 Å². The van der Waals surface area contributed by atoms with E-state index in [-0.39, 0.29) is 5.91 Å². The summed E-state index contributed by atoms with van der Waals surface area (Å²) in [6.07, 6.45) is 1.50. The van der Waals surface area contributed by atoms with Gasteiger partial charge in [0.05, 0.1) is 23.1 Å². The molecule has 128 valence electrons. The summed E-state index contributed by atoms with van der Waals surface area (Å²) in [4.78, 5) is 12.9. The van der Waals surface area contributed by atoms with E-state index in [1.165, 1.54) is 12.3 Å². The molecule has 1 amide bonds. The van der Waals surface area contributed by atoms with E-state index < -0.39 is 5.76 Å². The minimum atomic E-state index is -2.50. The van der Waals surface area contributed by atoms with Gasteiger partial charge in [0.15, 0.2) is 0 Å². The first-order chi connectivity index (χ1) is 12.0. The molecule has 1 aromatic heterocycles. The molecule has 0 fully saturated rings. The molecule has 0 saturated carbocycles. The Morgan fingerprint density at radius 1 is 1.16 bits per heavy atom. The summed E-state index contributed by atoms with van der Waals surface area (Å²) >= 11 is 0.439. The van der Waals surface area contributed by atoms with Crippen molar-refractivity contribution in [2.75, 3.05) is 5.32 Å². The van der Waals surface area contributed by atoms with Gasteiger partial charge < -0.3 is 5.32 Å². The topological polar surface area (TPSA) is 46.9 Å². The lowest BCUT2D eigenvalue weighted by molar-refractivity contribution is 0.102. The number of nitrogens with one attached hydrogen (secondary N) is 1. The fraction of sp³-hybridized carbons (Fsp3) is 0.111. The molecule has 0 saturated heterocycles. The van der Waals surface area contributed by atoms with E-state index in [4.69, 9.17) is 0 Å². The quantitative estimate of drug-likeness (QED) is 0.669. The number of halogens is 2. The highest BCUT2D eigenvalue weighted by atomic mass is 32.2. The van der Waals surface area contributed by atoms with Gasteiger partial charge in [-0.25, -0.2) is 4.68 Å². The number of amides is 1.